The summed E-state index contributed by atoms with van der Waals surface area (Å²) < 4.78 is 24.8. The van der Waals surface area contributed by atoms with Crippen molar-refractivity contribution in [1.29, 1.82) is 0 Å². The number of aliphatic carboxylic acids is 1. The van der Waals surface area contributed by atoms with Crippen LogP contribution >= 0.6 is 15.9 Å². The molecule has 7 heteroatoms. The van der Waals surface area contributed by atoms with Crippen molar-refractivity contribution in [3.05, 3.63) is 11.1 Å². The van der Waals surface area contributed by atoms with E-state index in [4.69, 9.17) is 5.11 Å². The van der Waals surface area contributed by atoms with Gasteiger partial charge in [-0.25, -0.2) is 13.1 Å². The standard InChI is InChI=1S/C6H10BrNO4S/c1-4(7)3-8-13(11,12)5(2)6(9)10/h5,8H,1,3H2,2H3,(H,9,10). The predicted octanol–water partition coefficient (Wildman–Crippen LogP) is 0.288. The van der Waals surface area contributed by atoms with Gasteiger partial charge in [-0.2, -0.15) is 0 Å². The van der Waals surface area contributed by atoms with Crippen LogP contribution in [0.15, 0.2) is 11.1 Å². The molecule has 0 rings (SSSR count). The molecule has 0 bridgehead atoms. The predicted molar refractivity (Wildman–Crippen MR) is 52.1 cm³/mol. The number of halogens is 1. The minimum atomic E-state index is -3.79. The highest BCUT2D eigenvalue weighted by atomic mass is 79.9. The molecule has 0 saturated carbocycles. The lowest BCUT2D eigenvalue weighted by molar-refractivity contribution is -0.136. The Bertz CT molecular complexity index is 311. The van der Waals surface area contributed by atoms with E-state index in [0.29, 0.717) is 4.48 Å². The fourth-order valence-electron chi connectivity index (χ4n) is 0.437. The van der Waals surface area contributed by atoms with E-state index in [-0.39, 0.29) is 6.54 Å². The molecule has 0 aliphatic carbocycles. The van der Waals surface area contributed by atoms with Crippen molar-refractivity contribution in [3.8, 4) is 0 Å². The van der Waals surface area contributed by atoms with Crippen molar-refractivity contribution < 1.29 is 18.3 Å². The van der Waals surface area contributed by atoms with Gasteiger partial charge in [-0.15, -0.1) is 0 Å². The van der Waals surface area contributed by atoms with Crippen LogP contribution in [0, 0.1) is 0 Å². The minimum absolute atomic E-state index is 0.0139. The monoisotopic (exact) mass is 271 g/mol. The molecule has 13 heavy (non-hydrogen) atoms. The largest absolute Gasteiger partial charge is 0.480 e. The molecule has 76 valence electrons. The third-order valence-electron chi connectivity index (χ3n) is 1.28. The Morgan fingerprint density at radius 3 is 2.46 bits per heavy atom. The SMILES string of the molecule is C=C(Br)CNS(=O)(=O)C(C)C(=O)O. The molecule has 2 N–H and O–H groups in total. The van der Waals surface area contributed by atoms with Crippen LogP contribution in [0.5, 0.6) is 0 Å². The maximum atomic E-state index is 11.1. The number of nitrogens with one attached hydrogen (secondary N) is 1. The Hall–Kier alpha value is -0.400. The third kappa shape index (κ3) is 4.39. The van der Waals surface area contributed by atoms with Crippen LogP contribution < -0.4 is 4.72 Å². The van der Waals surface area contributed by atoms with Gasteiger partial charge in [0.05, 0.1) is 0 Å². The highest BCUT2D eigenvalue weighted by molar-refractivity contribution is 9.11. The van der Waals surface area contributed by atoms with Gasteiger partial charge in [-0.3, -0.25) is 4.79 Å². The van der Waals surface area contributed by atoms with E-state index in [0.717, 1.165) is 6.92 Å². The topological polar surface area (TPSA) is 83.5 Å². The number of sulfonamides is 1. The summed E-state index contributed by atoms with van der Waals surface area (Å²) in [5, 5.41) is 6.97. The van der Waals surface area contributed by atoms with Gasteiger partial charge in [0.2, 0.25) is 10.0 Å². The van der Waals surface area contributed by atoms with Crippen LogP contribution in [-0.4, -0.2) is 31.3 Å². The first-order chi connectivity index (χ1) is 5.77. The Morgan fingerprint density at radius 2 is 2.15 bits per heavy atom. The van der Waals surface area contributed by atoms with Crippen molar-refractivity contribution in [2.75, 3.05) is 6.54 Å². The maximum Gasteiger partial charge on any atom is 0.323 e. The first-order valence-electron chi connectivity index (χ1n) is 3.32. The summed E-state index contributed by atoms with van der Waals surface area (Å²) in [5.41, 5.74) is 0. The summed E-state index contributed by atoms with van der Waals surface area (Å²) >= 11 is 2.94. The molecule has 5 nitrogen and oxygen atoms in total. The van der Waals surface area contributed by atoms with Crippen molar-refractivity contribution in [2.24, 2.45) is 0 Å². The Morgan fingerprint density at radius 1 is 1.69 bits per heavy atom. The molecule has 0 radical (unpaired) electrons. The molecule has 0 spiro atoms. The summed E-state index contributed by atoms with van der Waals surface area (Å²) in [6, 6.07) is 0. The molecule has 1 atom stereocenters. The molecule has 0 saturated heterocycles. The van der Waals surface area contributed by atoms with Crippen LogP contribution in [0.1, 0.15) is 6.92 Å². The summed E-state index contributed by atoms with van der Waals surface area (Å²) in [4.78, 5) is 10.3. The third-order valence-corrected chi connectivity index (χ3v) is 3.24. The molecular formula is C6H10BrNO4S. The van der Waals surface area contributed by atoms with Crippen molar-refractivity contribution >= 4 is 31.9 Å². The van der Waals surface area contributed by atoms with Crippen LogP contribution in [0.2, 0.25) is 0 Å². The number of hydrogen-bond donors (Lipinski definition) is 2. The Kier molecular flexibility index (Phi) is 4.58. The van der Waals surface area contributed by atoms with Gasteiger partial charge in [0.15, 0.2) is 5.25 Å². The Balaban J connectivity index is 4.41. The van der Waals surface area contributed by atoms with Gasteiger partial charge >= 0.3 is 5.97 Å². The molecular weight excluding hydrogens is 262 g/mol. The second kappa shape index (κ2) is 4.73. The van der Waals surface area contributed by atoms with Crippen LogP contribution in [0.4, 0.5) is 0 Å². The lowest BCUT2D eigenvalue weighted by atomic mass is 10.5. The fraction of sp³-hybridized carbons (Fsp3) is 0.500. The number of rotatable bonds is 5. The molecule has 0 heterocycles. The highest BCUT2D eigenvalue weighted by Crippen LogP contribution is 2.02. The van der Waals surface area contributed by atoms with Gasteiger partial charge in [0.25, 0.3) is 0 Å². The first kappa shape index (κ1) is 12.6. The maximum absolute atomic E-state index is 11.1. The van der Waals surface area contributed by atoms with E-state index in [1.165, 1.54) is 0 Å². The molecule has 0 aromatic rings. The summed E-state index contributed by atoms with van der Waals surface area (Å²) in [7, 11) is -3.79. The normalized spacial score (nSPS) is 13.7. The highest BCUT2D eigenvalue weighted by Gasteiger charge is 2.26. The van der Waals surface area contributed by atoms with Gasteiger partial charge in [-0.1, -0.05) is 22.5 Å². The molecule has 0 fully saturated rings. The zero-order valence-electron chi connectivity index (χ0n) is 6.95. The average molecular weight is 272 g/mol. The van der Waals surface area contributed by atoms with E-state index in [2.05, 4.69) is 27.2 Å². The van der Waals surface area contributed by atoms with Crippen molar-refractivity contribution in [2.45, 2.75) is 12.2 Å². The minimum Gasteiger partial charge on any atom is -0.480 e. The van der Waals surface area contributed by atoms with Gasteiger partial charge in [0.1, 0.15) is 0 Å². The molecule has 0 amide bonds. The quantitative estimate of drug-likeness (QED) is 0.753. The van der Waals surface area contributed by atoms with E-state index < -0.39 is 21.2 Å². The van der Waals surface area contributed by atoms with Gasteiger partial charge < -0.3 is 5.11 Å². The van der Waals surface area contributed by atoms with Gasteiger partial charge in [0, 0.05) is 11.0 Å². The fourth-order valence-corrected chi connectivity index (χ4v) is 1.65. The Labute approximate surface area is 85.0 Å². The number of carboxylic acids is 1. The molecule has 0 aliphatic rings. The van der Waals surface area contributed by atoms with Gasteiger partial charge in [-0.05, 0) is 6.92 Å². The van der Waals surface area contributed by atoms with E-state index >= 15 is 0 Å². The van der Waals surface area contributed by atoms with Crippen molar-refractivity contribution in [3.63, 3.8) is 0 Å². The van der Waals surface area contributed by atoms with Crippen LogP contribution in [0.3, 0.4) is 0 Å². The smallest absolute Gasteiger partial charge is 0.323 e. The zero-order valence-corrected chi connectivity index (χ0v) is 9.35. The van der Waals surface area contributed by atoms with Crippen LogP contribution in [0.25, 0.3) is 0 Å². The number of hydrogen-bond acceptors (Lipinski definition) is 3. The lowest BCUT2D eigenvalue weighted by Crippen LogP contribution is -2.37. The summed E-state index contributed by atoms with van der Waals surface area (Å²) in [5.74, 6) is -1.38. The van der Waals surface area contributed by atoms with Crippen molar-refractivity contribution in [1.82, 2.24) is 4.72 Å². The number of carboxylic acid groups (broad SMARTS) is 1. The lowest BCUT2D eigenvalue weighted by Gasteiger charge is -2.08. The molecule has 0 aromatic heterocycles. The first-order valence-corrected chi connectivity index (χ1v) is 5.66. The second-order valence-corrected chi connectivity index (χ2v) is 5.57. The second-order valence-electron chi connectivity index (χ2n) is 2.36. The zero-order chi connectivity index (χ0) is 10.6. The van der Waals surface area contributed by atoms with E-state index in [9.17, 15) is 13.2 Å². The summed E-state index contributed by atoms with van der Waals surface area (Å²) in [6.45, 7) is 4.49. The average Bonchev–Trinajstić information content (AvgIpc) is 1.99. The van der Waals surface area contributed by atoms with E-state index in [1.54, 1.807) is 0 Å². The molecule has 1 unspecified atom stereocenters. The molecule has 0 aliphatic heterocycles. The number of carbonyl (C=O) groups is 1. The summed E-state index contributed by atoms with van der Waals surface area (Å²) in [6.07, 6.45) is 0. The van der Waals surface area contributed by atoms with Crippen LogP contribution in [-0.2, 0) is 14.8 Å². The van der Waals surface area contributed by atoms with E-state index in [1.807, 2.05) is 0 Å². The molecule has 0 aromatic carbocycles.